The predicted octanol–water partition coefficient (Wildman–Crippen LogP) is 3.85. The molecule has 0 fully saturated rings. The van der Waals surface area contributed by atoms with Crippen LogP contribution >= 0.6 is 0 Å². The Balaban J connectivity index is 1.93. The zero-order chi connectivity index (χ0) is 17.4. The molecular formula is C19H19NO4. The van der Waals surface area contributed by atoms with Gasteiger partial charge in [0.25, 0.3) is 0 Å². The molecule has 0 amide bonds. The van der Waals surface area contributed by atoms with Crippen molar-refractivity contribution in [3.8, 4) is 5.75 Å². The Bertz CT molecular complexity index is 718. The highest BCUT2D eigenvalue weighted by Gasteiger charge is 2.06. The standard InChI is InChI=1S/C19H19NO4/c1-3-24-19(22)15-4-8-16(9-5-15)20-13-12-18(21)14-6-10-17(23-2)11-7-14/h4-11,13H,3,12H2,1-2H3. The largest absolute Gasteiger partial charge is 0.497 e. The molecule has 24 heavy (non-hydrogen) atoms. The molecule has 0 aliphatic rings. The summed E-state index contributed by atoms with van der Waals surface area (Å²) in [6.07, 6.45) is 1.76. The molecule has 2 rings (SSSR count). The maximum atomic E-state index is 12.1. The molecule has 0 aliphatic carbocycles. The van der Waals surface area contributed by atoms with Crippen LogP contribution in [-0.4, -0.2) is 31.7 Å². The van der Waals surface area contributed by atoms with Gasteiger partial charge in [0.05, 0.1) is 25.0 Å². The normalized spacial score (nSPS) is 10.6. The lowest BCUT2D eigenvalue weighted by molar-refractivity contribution is 0.0526. The molecule has 124 valence electrons. The van der Waals surface area contributed by atoms with Gasteiger partial charge in [-0.1, -0.05) is 0 Å². The topological polar surface area (TPSA) is 65.0 Å². The van der Waals surface area contributed by atoms with E-state index in [9.17, 15) is 9.59 Å². The number of ketones is 1. The van der Waals surface area contributed by atoms with E-state index in [2.05, 4.69) is 4.99 Å². The van der Waals surface area contributed by atoms with Crippen molar-refractivity contribution in [1.82, 2.24) is 0 Å². The molecule has 2 aromatic rings. The lowest BCUT2D eigenvalue weighted by atomic mass is 10.1. The van der Waals surface area contributed by atoms with Crippen molar-refractivity contribution in [2.24, 2.45) is 4.99 Å². The van der Waals surface area contributed by atoms with Crippen molar-refractivity contribution in [2.45, 2.75) is 13.3 Å². The van der Waals surface area contributed by atoms with E-state index in [-0.39, 0.29) is 18.2 Å². The molecule has 0 aromatic heterocycles. The molecule has 2 aromatic carbocycles. The molecule has 0 atom stereocenters. The number of carbonyl (C=O) groups is 2. The third-order valence-electron chi connectivity index (χ3n) is 3.31. The summed E-state index contributed by atoms with van der Waals surface area (Å²) in [5.74, 6) is 0.328. The third kappa shape index (κ3) is 4.78. The number of carbonyl (C=O) groups excluding carboxylic acids is 2. The van der Waals surface area contributed by atoms with Crippen LogP contribution in [0.15, 0.2) is 53.5 Å². The van der Waals surface area contributed by atoms with Gasteiger partial charge in [0.15, 0.2) is 5.78 Å². The summed E-state index contributed by atoms with van der Waals surface area (Å²) in [5.41, 5.74) is 1.76. The Hall–Kier alpha value is -2.95. The SMILES string of the molecule is CCOC(=O)c1ccc(N=CCC(=O)c2ccc(OC)cc2)cc1. The van der Waals surface area contributed by atoms with Crippen LogP contribution in [0.3, 0.4) is 0 Å². The number of benzene rings is 2. The fraction of sp³-hybridized carbons (Fsp3) is 0.211. The first-order valence-electron chi connectivity index (χ1n) is 7.61. The quantitative estimate of drug-likeness (QED) is 0.441. The molecule has 0 unspecified atom stereocenters. The van der Waals surface area contributed by atoms with Crippen LogP contribution in [0.25, 0.3) is 0 Å². The van der Waals surface area contributed by atoms with E-state index in [4.69, 9.17) is 9.47 Å². The van der Waals surface area contributed by atoms with Crippen molar-refractivity contribution in [3.05, 3.63) is 59.7 Å². The fourth-order valence-electron chi connectivity index (χ4n) is 2.03. The van der Waals surface area contributed by atoms with Crippen LogP contribution in [0.4, 0.5) is 5.69 Å². The van der Waals surface area contributed by atoms with Gasteiger partial charge in [-0.3, -0.25) is 9.79 Å². The Morgan fingerprint density at radius 3 is 2.21 bits per heavy atom. The van der Waals surface area contributed by atoms with Crippen molar-refractivity contribution >= 4 is 23.7 Å². The highest BCUT2D eigenvalue weighted by atomic mass is 16.5. The maximum absolute atomic E-state index is 12.1. The van der Waals surface area contributed by atoms with E-state index in [1.807, 2.05) is 0 Å². The molecule has 0 saturated carbocycles. The number of aliphatic imine (C=N–C) groups is 1. The number of hydrogen-bond acceptors (Lipinski definition) is 5. The average Bonchev–Trinajstić information content (AvgIpc) is 2.62. The molecule has 0 saturated heterocycles. The molecule has 0 N–H and O–H groups in total. The van der Waals surface area contributed by atoms with E-state index in [0.29, 0.717) is 29.2 Å². The summed E-state index contributed by atoms with van der Waals surface area (Å²) >= 11 is 0. The number of esters is 1. The van der Waals surface area contributed by atoms with Gasteiger partial charge in [0.2, 0.25) is 0 Å². The van der Waals surface area contributed by atoms with E-state index >= 15 is 0 Å². The van der Waals surface area contributed by atoms with Crippen LogP contribution in [-0.2, 0) is 4.74 Å². The smallest absolute Gasteiger partial charge is 0.338 e. The highest BCUT2D eigenvalue weighted by Crippen LogP contribution is 2.15. The maximum Gasteiger partial charge on any atom is 0.338 e. The summed E-state index contributed by atoms with van der Waals surface area (Å²) in [4.78, 5) is 27.8. The monoisotopic (exact) mass is 325 g/mol. The molecule has 0 spiro atoms. The third-order valence-corrected chi connectivity index (χ3v) is 3.31. The van der Waals surface area contributed by atoms with Crippen molar-refractivity contribution in [2.75, 3.05) is 13.7 Å². The first kappa shape index (κ1) is 17.4. The zero-order valence-electron chi connectivity index (χ0n) is 13.7. The van der Waals surface area contributed by atoms with Gasteiger partial charge in [0, 0.05) is 18.2 Å². The molecule has 5 nitrogen and oxygen atoms in total. The van der Waals surface area contributed by atoms with Crippen LogP contribution in [0.1, 0.15) is 34.1 Å². The van der Waals surface area contributed by atoms with E-state index < -0.39 is 0 Å². The van der Waals surface area contributed by atoms with Gasteiger partial charge in [-0.05, 0) is 55.5 Å². The lowest BCUT2D eigenvalue weighted by Crippen LogP contribution is -2.03. The Labute approximate surface area is 140 Å². The molecule has 0 heterocycles. The second-order valence-electron chi connectivity index (χ2n) is 4.93. The average molecular weight is 325 g/mol. The van der Waals surface area contributed by atoms with Crippen molar-refractivity contribution in [1.29, 1.82) is 0 Å². The van der Waals surface area contributed by atoms with Crippen LogP contribution in [0.2, 0.25) is 0 Å². The van der Waals surface area contributed by atoms with E-state index in [1.54, 1.807) is 68.8 Å². The first-order chi connectivity index (χ1) is 11.6. The second kappa shape index (κ2) is 8.62. The van der Waals surface area contributed by atoms with Crippen molar-refractivity contribution in [3.63, 3.8) is 0 Å². The number of Topliss-reactive ketones (excluding diaryl/α,β-unsaturated/α-hetero) is 1. The summed E-state index contributed by atoms with van der Waals surface area (Å²) in [7, 11) is 1.58. The summed E-state index contributed by atoms with van der Waals surface area (Å²) in [5, 5.41) is 0. The predicted molar refractivity (Wildman–Crippen MR) is 92.5 cm³/mol. The minimum absolute atomic E-state index is 0.0236. The van der Waals surface area contributed by atoms with Gasteiger partial charge in [-0.2, -0.15) is 0 Å². The summed E-state index contributed by atoms with van der Waals surface area (Å²) in [6.45, 7) is 2.10. The summed E-state index contributed by atoms with van der Waals surface area (Å²) < 4.78 is 9.97. The molecule has 5 heteroatoms. The van der Waals surface area contributed by atoms with Gasteiger partial charge in [-0.15, -0.1) is 0 Å². The minimum atomic E-state index is -0.359. The molecular weight excluding hydrogens is 306 g/mol. The Morgan fingerprint density at radius 2 is 1.62 bits per heavy atom. The molecule has 0 aliphatic heterocycles. The summed E-state index contributed by atoms with van der Waals surface area (Å²) in [6, 6.07) is 13.7. The number of rotatable bonds is 7. The van der Waals surface area contributed by atoms with Crippen LogP contribution in [0.5, 0.6) is 5.75 Å². The highest BCUT2D eigenvalue weighted by molar-refractivity contribution is 6.03. The van der Waals surface area contributed by atoms with Gasteiger partial charge >= 0.3 is 5.97 Å². The van der Waals surface area contributed by atoms with Gasteiger partial charge in [-0.25, -0.2) is 4.79 Å². The van der Waals surface area contributed by atoms with Crippen molar-refractivity contribution < 1.29 is 19.1 Å². The minimum Gasteiger partial charge on any atom is -0.497 e. The van der Waals surface area contributed by atoms with E-state index in [0.717, 1.165) is 0 Å². The Kier molecular flexibility index (Phi) is 6.25. The zero-order valence-corrected chi connectivity index (χ0v) is 13.7. The number of nitrogens with zero attached hydrogens (tertiary/aromatic N) is 1. The molecule has 0 bridgehead atoms. The second-order valence-corrected chi connectivity index (χ2v) is 4.93. The van der Waals surface area contributed by atoms with Crippen LogP contribution < -0.4 is 4.74 Å². The first-order valence-corrected chi connectivity index (χ1v) is 7.61. The number of hydrogen-bond donors (Lipinski definition) is 0. The number of ether oxygens (including phenoxy) is 2. The number of methoxy groups -OCH3 is 1. The lowest BCUT2D eigenvalue weighted by Gasteiger charge is -2.02. The Morgan fingerprint density at radius 1 is 1.00 bits per heavy atom. The molecule has 0 radical (unpaired) electrons. The van der Waals surface area contributed by atoms with Gasteiger partial charge < -0.3 is 9.47 Å². The van der Waals surface area contributed by atoms with Gasteiger partial charge in [0.1, 0.15) is 5.75 Å². The van der Waals surface area contributed by atoms with E-state index in [1.165, 1.54) is 0 Å². The van der Waals surface area contributed by atoms with Crippen LogP contribution in [0, 0.1) is 0 Å². The fourth-order valence-corrected chi connectivity index (χ4v) is 2.03.